The number of primary amides is 1. The van der Waals surface area contributed by atoms with E-state index >= 15 is 0 Å². The monoisotopic (exact) mass is 402 g/mol. The van der Waals surface area contributed by atoms with Crippen LogP contribution in [-0.4, -0.2) is 55.2 Å². The molecule has 1 fully saturated rings. The molecule has 3 rings (SSSR count). The molecule has 1 aliphatic rings. The van der Waals surface area contributed by atoms with Crippen molar-refractivity contribution in [3.8, 4) is 11.5 Å². The van der Waals surface area contributed by atoms with Gasteiger partial charge in [0.15, 0.2) is 6.61 Å². The summed E-state index contributed by atoms with van der Waals surface area (Å²) in [5.74, 6) is -0.157. The van der Waals surface area contributed by atoms with Gasteiger partial charge in [0.25, 0.3) is 5.91 Å². The summed E-state index contributed by atoms with van der Waals surface area (Å²) in [5, 5.41) is 0. The van der Waals surface area contributed by atoms with Crippen LogP contribution < -0.4 is 15.2 Å². The summed E-state index contributed by atoms with van der Waals surface area (Å²) in [7, 11) is 0. The van der Waals surface area contributed by atoms with Crippen LogP contribution in [0.5, 0.6) is 11.5 Å². The summed E-state index contributed by atoms with van der Waals surface area (Å²) < 4.78 is 30.1. The first-order valence-electron chi connectivity index (χ1n) is 9.22. The average molecular weight is 402 g/mol. The van der Waals surface area contributed by atoms with E-state index in [2.05, 4.69) is 0 Å². The first-order valence-corrected chi connectivity index (χ1v) is 9.22. The molecule has 0 aliphatic carbocycles. The van der Waals surface area contributed by atoms with Gasteiger partial charge < -0.3 is 24.8 Å². The second-order valence-corrected chi connectivity index (χ2v) is 6.83. The molecule has 2 aromatic carbocycles. The van der Waals surface area contributed by atoms with Crippen LogP contribution in [0.4, 0.5) is 4.39 Å². The van der Waals surface area contributed by atoms with Crippen molar-refractivity contribution in [1.29, 1.82) is 0 Å². The van der Waals surface area contributed by atoms with E-state index in [1.54, 1.807) is 17.0 Å². The maximum absolute atomic E-state index is 13.1. The Morgan fingerprint density at radius 3 is 2.45 bits per heavy atom. The zero-order valence-corrected chi connectivity index (χ0v) is 15.9. The highest BCUT2D eigenvalue weighted by molar-refractivity contribution is 5.78. The standard InChI is InChI=1S/C21H23FN2O5/c22-16-6-8-18(9-7-16)28-15-21(12-19(23)25)14-24(10-11-29-21)20(26)13-27-17-4-2-1-3-5-17/h1-9H,10-15H2,(H2,23,25). The van der Waals surface area contributed by atoms with Crippen LogP contribution in [0.2, 0.25) is 0 Å². The van der Waals surface area contributed by atoms with Crippen LogP contribution in [0.3, 0.4) is 0 Å². The highest BCUT2D eigenvalue weighted by Gasteiger charge is 2.41. The number of hydrogen-bond acceptors (Lipinski definition) is 5. The van der Waals surface area contributed by atoms with Gasteiger partial charge in [0, 0.05) is 6.54 Å². The minimum atomic E-state index is -1.08. The second kappa shape index (κ2) is 9.38. The molecule has 0 aromatic heterocycles. The van der Waals surface area contributed by atoms with Crippen LogP contribution in [0.25, 0.3) is 0 Å². The number of nitrogens with two attached hydrogens (primary N) is 1. The van der Waals surface area contributed by atoms with Crippen molar-refractivity contribution in [2.75, 3.05) is 32.9 Å². The smallest absolute Gasteiger partial charge is 0.260 e. The van der Waals surface area contributed by atoms with Crippen molar-refractivity contribution in [3.63, 3.8) is 0 Å². The fourth-order valence-electron chi connectivity index (χ4n) is 3.12. The third-order valence-electron chi connectivity index (χ3n) is 4.52. The largest absolute Gasteiger partial charge is 0.490 e. The lowest BCUT2D eigenvalue weighted by atomic mass is 9.97. The number of carbonyl (C=O) groups excluding carboxylic acids is 2. The maximum atomic E-state index is 13.1. The van der Waals surface area contributed by atoms with Crippen molar-refractivity contribution < 1.29 is 28.2 Å². The Balaban J connectivity index is 1.63. The molecule has 2 aromatic rings. The third-order valence-corrected chi connectivity index (χ3v) is 4.52. The van der Waals surface area contributed by atoms with Crippen LogP contribution in [0.1, 0.15) is 6.42 Å². The number of carbonyl (C=O) groups is 2. The molecule has 2 amide bonds. The van der Waals surface area contributed by atoms with Gasteiger partial charge in [-0.1, -0.05) is 18.2 Å². The van der Waals surface area contributed by atoms with Gasteiger partial charge in [-0.2, -0.15) is 0 Å². The zero-order valence-electron chi connectivity index (χ0n) is 15.9. The van der Waals surface area contributed by atoms with Gasteiger partial charge in [-0.3, -0.25) is 9.59 Å². The summed E-state index contributed by atoms with van der Waals surface area (Å²) in [4.78, 5) is 25.8. The molecule has 1 atom stereocenters. The topological polar surface area (TPSA) is 91.1 Å². The third kappa shape index (κ3) is 5.92. The van der Waals surface area contributed by atoms with Crippen molar-refractivity contribution in [3.05, 3.63) is 60.4 Å². The van der Waals surface area contributed by atoms with Gasteiger partial charge in [0.2, 0.25) is 5.91 Å². The Bertz CT molecular complexity index is 831. The lowest BCUT2D eigenvalue weighted by Gasteiger charge is -2.41. The average Bonchev–Trinajstić information content (AvgIpc) is 2.72. The first-order chi connectivity index (χ1) is 14.0. The maximum Gasteiger partial charge on any atom is 0.260 e. The molecule has 8 heteroatoms. The molecular formula is C21H23FN2O5. The molecule has 1 aliphatic heterocycles. The number of amides is 2. The molecule has 0 spiro atoms. The van der Waals surface area contributed by atoms with Crippen LogP contribution in [0, 0.1) is 5.82 Å². The fraction of sp³-hybridized carbons (Fsp3) is 0.333. The quantitative estimate of drug-likeness (QED) is 0.727. The zero-order chi connectivity index (χ0) is 20.7. The van der Waals surface area contributed by atoms with Crippen molar-refractivity contribution in [1.82, 2.24) is 4.90 Å². The number of benzene rings is 2. The normalized spacial score (nSPS) is 18.9. The number of halogens is 1. The summed E-state index contributed by atoms with van der Waals surface area (Å²) in [5.41, 5.74) is 4.32. The number of ether oxygens (including phenoxy) is 3. The second-order valence-electron chi connectivity index (χ2n) is 6.83. The molecule has 0 saturated carbocycles. The van der Waals surface area contributed by atoms with Crippen LogP contribution >= 0.6 is 0 Å². The minimum Gasteiger partial charge on any atom is -0.490 e. The number of nitrogens with zero attached hydrogens (tertiary/aromatic N) is 1. The number of hydrogen-bond donors (Lipinski definition) is 1. The van der Waals surface area contributed by atoms with E-state index in [0.717, 1.165) is 0 Å². The van der Waals surface area contributed by atoms with Gasteiger partial charge in [0.1, 0.15) is 29.5 Å². The summed E-state index contributed by atoms with van der Waals surface area (Å²) in [6, 6.07) is 14.5. The Morgan fingerprint density at radius 2 is 1.76 bits per heavy atom. The van der Waals surface area contributed by atoms with Gasteiger partial charge in [-0.15, -0.1) is 0 Å². The van der Waals surface area contributed by atoms with Gasteiger partial charge in [0.05, 0.1) is 19.6 Å². The Hall–Kier alpha value is -3.13. The van der Waals surface area contributed by atoms with Crippen molar-refractivity contribution in [2.45, 2.75) is 12.0 Å². The summed E-state index contributed by atoms with van der Waals surface area (Å²) in [6.45, 7) is 0.597. The molecule has 154 valence electrons. The molecule has 7 nitrogen and oxygen atoms in total. The Kier molecular flexibility index (Phi) is 6.66. The molecule has 1 heterocycles. The molecule has 29 heavy (non-hydrogen) atoms. The van der Waals surface area contributed by atoms with E-state index in [-0.39, 0.29) is 44.5 Å². The molecule has 1 saturated heterocycles. The van der Waals surface area contributed by atoms with Crippen molar-refractivity contribution in [2.24, 2.45) is 5.73 Å². The number of para-hydroxylation sites is 1. The van der Waals surface area contributed by atoms with Crippen molar-refractivity contribution >= 4 is 11.8 Å². The number of morpholine rings is 1. The fourth-order valence-corrected chi connectivity index (χ4v) is 3.12. The van der Waals surface area contributed by atoms with Gasteiger partial charge in [-0.25, -0.2) is 4.39 Å². The van der Waals surface area contributed by atoms with E-state index in [1.165, 1.54) is 24.3 Å². The highest BCUT2D eigenvalue weighted by atomic mass is 19.1. The van der Waals surface area contributed by atoms with Crippen LogP contribution in [0.15, 0.2) is 54.6 Å². The van der Waals surface area contributed by atoms with E-state index in [9.17, 15) is 14.0 Å². The Labute approximate surface area is 168 Å². The molecule has 0 bridgehead atoms. The molecular weight excluding hydrogens is 379 g/mol. The SMILES string of the molecule is NC(=O)CC1(COc2ccc(F)cc2)CN(C(=O)COc2ccccc2)CCO1. The first kappa shape index (κ1) is 20.6. The van der Waals surface area contributed by atoms with E-state index in [1.807, 2.05) is 18.2 Å². The lowest BCUT2D eigenvalue weighted by Crippen LogP contribution is -2.58. The number of rotatable bonds is 8. The molecule has 1 unspecified atom stereocenters. The molecule has 0 radical (unpaired) electrons. The van der Waals surface area contributed by atoms with E-state index in [0.29, 0.717) is 18.0 Å². The van der Waals surface area contributed by atoms with Gasteiger partial charge in [-0.05, 0) is 36.4 Å². The summed E-state index contributed by atoms with van der Waals surface area (Å²) in [6.07, 6.45) is -0.114. The Morgan fingerprint density at radius 1 is 1.07 bits per heavy atom. The predicted molar refractivity (Wildman–Crippen MR) is 103 cm³/mol. The summed E-state index contributed by atoms with van der Waals surface area (Å²) >= 11 is 0. The van der Waals surface area contributed by atoms with Crippen LogP contribution in [-0.2, 0) is 14.3 Å². The van der Waals surface area contributed by atoms with E-state index < -0.39 is 11.5 Å². The van der Waals surface area contributed by atoms with E-state index in [4.69, 9.17) is 19.9 Å². The lowest BCUT2D eigenvalue weighted by molar-refractivity contribution is -0.163. The highest BCUT2D eigenvalue weighted by Crippen LogP contribution is 2.24. The molecule has 2 N–H and O–H groups in total. The van der Waals surface area contributed by atoms with Gasteiger partial charge >= 0.3 is 0 Å². The predicted octanol–water partition coefficient (Wildman–Crippen LogP) is 1.76. The minimum absolute atomic E-state index is 0.00903.